The first-order valence-electron chi connectivity index (χ1n) is 7.03. The maximum absolute atomic E-state index is 11.0. The molecule has 1 aromatic heterocycles. The fourth-order valence-electron chi connectivity index (χ4n) is 2.45. The highest BCUT2D eigenvalue weighted by molar-refractivity contribution is 5.45. The summed E-state index contributed by atoms with van der Waals surface area (Å²) in [5.74, 6) is 0.926. The third-order valence-corrected chi connectivity index (χ3v) is 3.55. The van der Waals surface area contributed by atoms with E-state index in [-0.39, 0.29) is 11.8 Å². The van der Waals surface area contributed by atoms with E-state index in [4.69, 9.17) is 4.74 Å². The minimum absolute atomic E-state index is 0.000484. The fraction of sp³-hybridized carbons (Fsp3) is 0.357. The Bertz CT molecular complexity index is 644. The number of hydrogen-bond donors (Lipinski definition) is 0. The van der Waals surface area contributed by atoms with Crippen LogP contribution in [0, 0.1) is 10.1 Å². The van der Waals surface area contributed by atoms with E-state index in [2.05, 4.69) is 15.2 Å². The van der Waals surface area contributed by atoms with Gasteiger partial charge in [-0.1, -0.05) is 12.1 Å². The van der Waals surface area contributed by atoms with Gasteiger partial charge in [0.25, 0.3) is 0 Å². The van der Waals surface area contributed by atoms with Crippen molar-refractivity contribution in [2.75, 3.05) is 18.0 Å². The average Bonchev–Trinajstić information content (AvgIpc) is 2.57. The standard InChI is InChI=1S/C14H15N5O3/c20-19(21)12-3-1-2-4-13(12)22-11-5-9-18(10-6-11)14-15-7-8-16-17-14/h1-4,7-8,11H,5-6,9-10H2. The van der Waals surface area contributed by atoms with Crippen molar-refractivity contribution in [1.82, 2.24) is 15.2 Å². The van der Waals surface area contributed by atoms with Crippen LogP contribution in [0.15, 0.2) is 36.7 Å². The molecule has 0 amide bonds. The monoisotopic (exact) mass is 301 g/mol. The number of nitrogens with zero attached hydrogens (tertiary/aromatic N) is 5. The van der Waals surface area contributed by atoms with Crippen LogP contribution in [-0.4, -0.2) is 39.3 Å². The topological polar surface area (TPSA) is 94.3 Å². The van der Waals surface area contributed by atoms with Gasteiger partial charge in [-0.2, -0.15) is 5.10 Å². The van der Waals surface area contributed by atoms with Crippen LogP contribution in [0.25, 0.3) is 0 Å². The molecular weight excluding hydrogens is 286 g/mol. The summed E-state index contributed by atoms with van der Waals surface area (Å²) in [6, 6.07) is 6.46. The molecule has 0 aliphatic carbocycles. The highest BCUT2D eigenvalue weighted by atomic mass is 16.6. The van der Waals surface area contributed by atoms with Gasteiger partial charge < -0.3 is 9.64 Å². The van der Waals surface area contributed by atoms with Gasteiger partial charge in [-0.15, -0.1) is 5.10 Å². The Morgan fingerprint density at radius 2 is 2.00 bits per heavy atom. The van der Waals surface area contributed by atoms with Crippen LogP contribution in [-0.2, 0) is 0 Å². The van der Waals surface area contributed by atoms with Crippen molar-refractivity contribution < 1.29 is 9.66 Å². The minimum atomic E-state index is -0.423. The molecule has 0 bridgehead atoms. The van der Waals surface area contributed by atoms with Gasteiger partial charge in [-0.3, -0.25) is 10.1 Å². The first kappa shape index (κ1) is 14.2. The Morgan fingerprint density at radius 3 is 2.68 bits per heavy atom. The normalized spacial score (nSPS) is 15.5. The number of nitro benzene ring substituents is 1. The molecule has 1 aliphatic rings. The highest BCUT2D eigenvalue weighted by Crippen LogP contribution is 2.29. The van der Waals surface area contributed by atoms with E-state index in [0.717, 1.165) is 25.9 Å². The van der Waals surface area contributed by atoms with Gasteiger partial charge in [0.1, 0.15) is 6.10 Å². The van der Waals surface area contributed by atoms with Gasteiger partial charge in [0.15, 0.2) is 5.75 Å². The molecule has 3 rings (SSSR count). The van der Waals surface area contributed by atoms with Gasteiger partial charge in [0, 0.05) is 32.0 Å². The number of nitro groups is 1. The lowest BCUT2D eigenvalue weighted by Gasteiger charge is -2.31. The molecule has 2 heterocycles. The van der Waals surface area contributed by atoms with E-state index in [0.29, 0.717) is 11.7 Å². The Hall–Kier alpha value is -2.77. The van der Waals surface area contributed by atoms with Crippen LogP contribution < -0.4 is 9.64 Å². The molecule has 114 valence electrons. The largest absolute Gasteiger partial charge is 0.483 e. The molecule has 8 nitrogen and oxygen atoms in total. The molecule has 0 saturated carbocycles. The van der Waals surface area contributed by atoms with Crippen molar-refractivity contribution >= 4 is 11.6 Å². The van der Waals surface area contributed by atoms with Crippen LogP contribution in [0.3, 0.4) is 0 Å². The lowest BCUT2D eigenvalue weighted by Crippen LogP contribution is -2.39. The van der Waals surface area contributed by atoms with Gasteiger partial charge in [0.05, 0.1) is 17.3 Å². The van der Waals surface area contributed by atoms with E-state index < -0.39 is 4.92 Å². The molecule has 0 radical (unpaired) electrons. The second kappa shape index (κ2) is 6.33. The van der Waals surface area contributed by atoms with Crippen LogP contribution in [0.1, 0.15) is 12.8 Å². The first-order chi connectivity index (χ1) is 10.7. The molecule has 0 unspecified atom stereocenters. The maximum Gasteiger partial charge on any atom is 0.310 e. The number of piperidine rings is 1. The number of rotatable bonds is 4. The number of ether oxygens (including phenoxy) is 1. The Balaban J connectivity index is 1.62. The first-order valence-corrected chi connectivity index (χ1v) is 7.03. The molecule has 22 heavy (non-hydrogen) atoms. The molecule has 0 N–H and O–H groups in total. The van der Waals surface area contributed by atoms with Crippen molar-refractivity contribution in [3.63, 3.8) is 0 Å². The van der Waals surface area contributed by atoms with Crippen molar-refractivity contribution in [2.24, 2.45) is 0 Å². The zero-order valence-corrected chi connectivity index (χ0v) is 11.8. The van der Waals surface area contributed by atoms with Crippen molar-refractivity contribution in [3.05, 3.63) is 46.8 Å². The predicted molar refractivity (Wildman–Crippen MR) is 78.8 cm³/mol. The summed E-state index contributed by atoms with van der Waals surface area (Å²) < 4.78 is 5.81. The molecular formula is C14H15N5O3. The van der Waals surface area contributed by atoms with E-state index in [1.807, 2.05) is 4.90 Å². The summed E-state index contributed by atoms with van der Waals surface area (Å²) in [4.78, 5) is 16.8. The Morgan fingerprint density at radius 1 is 1.23 bits per heavy atom. The second-order valence-corrected chi connectivity index (χ2v) is 4.97. The number of aromatic nitrogens is 3. The van der Waals surface area contributed by atoms with Crippen LogP contribution in [0.5, 0.6) is 5.75 Å². The van der Waals surface area contributed by atoms with Crippen LogP contribution >= 0.6 is 0 Å². The van der Waals surface area contributed by atoms with Gasteiger partial charge >= 0.3 is 5.69 Å². The van der Waals surface area contributed by atoms with E-state index in [1.54, 1.807) is 24.4 Å². The summed E-state index contributed by atoms with van der Waals surface area (Å²) in [5, 5.41) is 18.8. The van der Waals surface area contributed by atoms with Gasteiger partial charge in [-0.25, -0.2) is 4.98 Å². The quantitative estimate of drug-likeness (QED) is 0.628. The number of para-hydroxylation sites is 2. The maximum atomic E-state index is 11.0. The molecule has 1 saturated heterocycles. The van der Waals surface area contributed by atoms with Gasteiger partial charge in [-0.05, 0) is 6.07 Å². The summed E-state index contributed by atoms with van der Waals surface area (Å²) in [5.41, 5.74) is 0.000484. The molecule has 1 aliphatic heterocycles. The van der Waals surface area contributed by atoms with E-state index in [1.165, 1.54) is 12.3 Å². The molecule has 0 atom stereocenters. The summed E-state index contributed by atoms with van der Waals surface area (Å²) >= 11 is 0. The van der Waals surface area contributed by atoms with Crippen molar-refractivity contribution in [3.8, 4) is 5.75 Å². The average molecular weight is 301 g/mol. The third kappa shape index (κ3) is 3.11. The molecule has 1 fully saturated rings. The summed E-state index contributed by atoms with van der Waals surface area (Å²) in [6.07, 6.45) is 4.61. The Labute approximate surface area is 126 Å². The van der Waals surface area contributed by atoms with Crippen molar-refractivity contribution in [1.29, 1.82) is 0 Å². The summed E-state index contributed by atoms with van der Waals surface area (Å²) in [6.45, 7) is 1.47. The number of hydrogen-bond acceptors (Lipinski definition) is 7. The van der Waals surface area contributed by atoms with Crippen LogP contribution in [0.4, 0.5) is 11.6 Å². The Kier molecular flexibility index (Phi) is 4.08. The summed E-state index contributed by atoms with van der Waals surface area (Å²) in [7, 11) is 0. The van der Waals surface area contributed by atoms with Crippen molar-refractivity contribution in [2.45, 2.75) is 18.9 Å². The zero-order valence-electron chi connectivity index (χ0n) is 11.8. The smallest absolute Gasteiger partial charge is 0.310 e. The molecule has 2 aromatic rings. The molecule has 0 spiro atoms. The zero-order chi connectivity index (χ0) is 15.4. The molecule has 8 heteroatoms. The minimum Gasteiger partial charge on any atom is -0.483 e. The third-order valence-electron chi connectivity index (χ3n) is 3.55. The highest BCUT2D eigenvalue weighted by Gasteiger charge is 2.24. The predicted octanol–water partition coefficient (Wildman–Crippen LogP) is 1.83. The second-order valence-electron chi connectivity index (χ2n) is 4.97. The van der Waals surface area contributed by atoms with E-state index in [9.17, 15) is 10.1 Å². The molecule has 1 aromatic carbocycles. The lowest BCUT2D eigenvalue weighted by atomic mass is 10.1. The SMILES string of the molecule is O=[N+]([O-])c1ccccc1OC1CCN(c2nccnn2)CC1. The van der Waals surface area contributed by atoms with Gasteiger partial charge in [0.2, 0.25) is 5.95 Å². The lowest BCUT2D eigenvalue weighted by molar-refractivity contribution is -0.386. The number of anilines is 1. The van der Waals surface area contributed by atoms with Crippen LogP contribution in [0.2, 0.25) is 0 Å². The number of benzene rings is 1. The van der Waals surface area contributed by atoms with E-state index >= 15 is 0 Å². The fourth-order valence-corrected chi connectivity index (χ4v) is 2.45.